The molecule has 0 spiro atoms. The second kappa shape index (κ2) is 8.89. The maximum atomic E-state index is 12.2. The molecular formula is C20H23N3O3. The second-order valence-corrected chi connectivity index (χ2v) is 6.32. The molecule has 0 aliphatic carbocycles. The third-order valence-electron chi connectivity index (χ3n) is 4.44. The Morgan fingerprint density at radius 2 is 1.88 bits per heavy atom. The van der Waals surface area contributed by atoms with Gasteiger partial charge in [-0.05, 0) is 49.1 Å². The molecule has 1 aliphatic heterocycles. The van der Waals surface area contributed by atoms with Crippen LogP contribution in [0.25, 0.3) is 6.08 Å². The van der Waals surface area contributed by atoms with E-state index in [0.29, 0.717) is 31.3 Å². The van der Waals surface area contributed by atoms with E-state index in [2.05, 4.69) is 10.6 Å². The van der Waals surface area contributed by atoms with Gasteiger partial charge in [-0.1, -0.05) is 18.2 Å². The summed E-state index contributed by atoms with van der Waals surface area (Å²) >= 11 is 0. The number of furan rings is 1. The van der Waals surface area contributed by atoms with Gasteiger partial charge in [0.1, 0.15) is 5.76 Å². The van der Waals surface area contributed by atoms with Crippen molar-refractivity contribution in [2.45, 2.75) is 12.8 Å². The molecule has 136 valence electrons. The Morgan fingerprint density at radius 1 is 1.12 bits per heavy atom. The van der Waals surface area contributed by atoms with E-state index in [-0.39, 0.29) is 11.9 Å². The Morgan fingerprint density at radius 3 is 2.58 bits per heavy atom. The average Bonchev–Trinajstić information content (AvgIpc) is 3.19. The Balaban J connectivity index is 1.37. The number of amides is 3. The molecule has 3 rings (SSSR count). The summed E-state index contributed by atoms with van der Waals surface area (Å²) < 4.78 is 5.18. The topological polar surface area (TPSA) is 74.6 Å². The molecule has 6 nitrogen and oxygen atoms in total. The normalized spacial score (nSPS) is 15.2. The van der Waals surface area contributed by atoms with Crippen LogP contribution >= 0.6 is 0 Å². The molecule has 1 fully saturated rings. The highest BCUT2D eigenvalue weighted by Gasteiger charge is 2.21. The number of nitrogens with one attached hydrogen (secondary N) is 2. The van der Waals surface area contributed by atoms with Gasteiger partial charge >= 0.3 is 6.03 Å². The fourth-order valence-electron chi connectivity index (χ4n) is 2.94. The van der Waals surface area contributed by atoms with Crippen LogP contribution in [0.4, 0.5) is 10.5 Å². The van der Waals surface area contributed by atoms with Gasteiger partial charge in [-0.3, -0.25) is 4.79 Å². The molecule has 0 bridgehead atoms. The Kier molecular flexibility index (Phi) is 6.09. The highest BCUT2D eigenvalue weighted by molar-refractivity contribution is 5.91. The molecule has 6 heteroatoms. The van der Waals surface area contributed by atoms with Gasteiger partial charge in [0.05, 0.1) is 6.26 Å². The quantitative estimate of drug-likeness (QED) is 0.810. The molecule has 2 heterocycles. The number of likely N-dealkylation sites (tertiary alicyclic amines) is 1. The van der Waals surface area contributed by atoms with Crippen molar-refractivity contribution in [2.24, 2.45) is 5.92 Å². The zero-order valence-corrected chi connectivity index (χ0v) is 14.6. The monoisotopic (exact) mass is 353 g/mol. The summed E-state index contributed by atoms with van der Waals surface area (Å²) in [6.45, 7) is 2.02. The fourth-order valence-corrected chi connectivity index (χ4v) is 2.94. The van der Waals surface area contributed by atoms with Gasteiger partial charge in [-0.15, -0.1) is 0 Å². The number of carbonyl (C=O) groups excluding carboxylic acids is 2. The lowest BCUT2D eigenvalue weighted by molar-refractivity contribution is -0.127. The Labute approximate surface area is 152 Å². The first-order valence-corrected chi connectivity index (χ1v) is 8.81. The molecule has 2 aromatic rings. The first-order chi connectivity index (χ1) is 12.7. The van der Waals surface area contributed by atoms with Gasteiger partial charge in [0.25, 0.3) is 0 Å². The minimum Gasteiger partial charge on any atom is -0.465 e. The van der Waals surface area contributed by atoms with Crippen molar-refractivity contribution < 1.29 is 14.0 Å². The van der Waals surface area contributed by atoms with E-state index in [4.69, 9.17) is 4.42 Å². The number of para-hydroxylation sites is 1. The minimum absolute atomic E-state index is 0.00497. The van der Waals surface area contributed by atoms with Crippen LogP contribution in [-0.2, 0) is 4.79 Å². The van der Waals surface area contributed by atoms with Gasteiger partial charge < -0.3 is 20.0 Å². The lowest BCUT2D eigenvalue weighted by Gasteiger charge is -2.31. The molecule has 0 saturated carbocycles. The Hall–Kier alpha value is -3.02. The summed E-state index contributed by atoms with van der Waals surface area (Å²) in [7, 11) is 0. The van der Waals surface area contributed by atoms with Crippen molar-refractivity contribution in [3.63, 3.8) is 0 Å². The summed E-state index contributed by atoms with van der Waals surface area (Å²) in [4.78, 5) is 25.9. The van der Waals surface area contributed by atoms with E-state index in [1.54, 1.807) is 24.5 Å². The minimum atomic E-state index is -0.198. The number of anilines is 1. The highest BCUT2D eigenvalue weighted by Crippen LogP contribution is 2.17. The van der Waals surface area contributed by atoms with Gasteiger partial charge in [0.2, 0.25) is 5.91 Å². The predicted molar refractivity (Wildman–Crippen MR) is 101 cm³/mol. The van der Waals surface area contributed by atoms with Crippen LogP contribution in [0.1, 0.15) is 18.6 Å². The number of nitrogens with zero attached hydrogens (tertiary/aromatic N) is 1. The van der Waals surface area contributed by atoms with Crippen molar-refractivity contribution in [3.05, 3.63) is 60.6 Å². The first-order valence-electron chi connectivity index (χ1n) is 8.81. The molecule has 2 N–H and O–H groups in total. The van der Waals surface area contributed by atoms with Crippen LogP contribution in [0, 0.1) is 5.92 Å². The lowest BCUT2D eigenvalue weighted by Crippen LogP contribution is -2.41. The summed E-state index contributed by atoms with van der Waals surface area (Å²) in [5, 5.41) is 5.71. The van der Waals surface area contributed by atoms with Crippen LogP contribution in [0.2, 0.25) is 0 Å². The lowest BCUT2D eigenvalue weighted by atomic mass is 9.97. The molecule has 0 atom stereocenters. The molecule has 1 aromatic heterocycles. The van der Waals surface area contributed by atoms with Gasteiger partial charge in [-0.2, -0.15) is 0 Å². The maximum Gasteiger partial charge on any atom is 0.319 e. The van der Waals surface area contributed by atoms with Crippen molar-refractivity contribution in [1.82, 2.24) is 10.2 Å². The number of carbonyl (C=O) groups is 2. The molecule has 26 heavy (non-hydrogen) atoms. The second-order valence-electron chi connectivity index (χ2n) is 6.32. The zero-order chi connectivity index (χ0) is 18.2. The van der Waals surface area contributed by atoms with Crippen LogP contribution < -0.4 is 10.6 Å². The summed E-state index contributed by atoms with van der Waals surface area (Å²) in [5.41, 5.74) is 0.772. The van der Waals surface area contributed by atoms with Crippen molar-refractivity contribution in [2.75, 3.05) is 25.0 Å². The third kappa shape index (κ3) is 5.24. The van der Waals surface area contributed by atoms with Gasteiger partial charge in [0.15, 0.2) is 0 Å². The van der Waals surface area contributed by atoms with E-state index in [1.165, 1.54) is 0 Å². The van der Waals surface area contributed by atoms with E-state index in [0.717, 1.165) is 18.5 Å². The molecule has 1 saturated heterocycles. The smallest absolute Gasteiger partial charge is 0.319 e. The maximum absolute atomic E-state index is 12.2. The van der Waals surface area contributed by atoms with Gasteiger partial charge in [-0.25, -0.2) is 4.79 Å². The van der Waals surface area contributed by atoms with E-state index in [9.17, 15) is 9.59 Å². The van der Waals surface area contributed by atoms with Crippen LogP contribution in [0.5, 0.6) is 0 Å². The first kappa shape index (κ1) is 17.8. The molecular weight excluding hydrogens is 330 g/mol. The number of hydrogen-bond donors (Lipinski definition) is 2. The van der Waals surface area contributed by atoms with E-state index >= 15 is 0 Å². The standard InChI is InChI=1S/C20H23N3O3/c24-19(9-8-18-7-4-14-26-18)23-12-10-16(11-13-23)15-21-20(25)22-17-5-2-1-3-6-17/h1-9,14,16H,10-13,15H2,(H2,21,22,25)/b9-8+. The summed E-state index contributed by atoms with van der Waals surface area (Å²) in [6, 6.07) is 12.8. The number of benzene rings is 1. The van der Waals surface area contributed by atoms with Crippen molar-refractivity contribution >= 4 is 23.7 Å². The fraction of sp³-hybridized carbons (Fsp3) is 0.300. The average molecular weight is 353 g/mol. The number of hydrogen-bond acceptors (Lipinski definition) is 3. The SMILES string of the molecule is O=C(NCC1CCN(C(=O)/C=C/c2ccco2)CC1)Nc1ccccc1. The largest absolute Gasteiger partial charge is 0.465 e. The van der Waals surface area contributed by atoms with E-state index < -0.39 is 0 Å². The van der Waals surface area contributed by atoms with Crippen LogP contribution in [0.15, 0.2) is 59.2 Å². The Bertz CT molecular complexity index is 733. The summed E-state index contributed by atoms with van der Waals surface area (Å²) in [5.74, 6) is 1.05. The van der Waals surface area contributed by atoms with E-state index in [1.807, 2.05) is 41.3 Å². The van der Waals surface area contributed by atoms with Crippen LogP contribution in [0.3, 0.4) is 0 Å². The van der Waals surface area contributed by atoms with Crippen molar-refractivity contribution in [1.29, 1.82) is 0 Å². The number of rotatable bonds is 5. The molecule has 0 unspecified atom stereocenters. The molecule has 1 aromatic carbocycles. The third-order valence-corrected chi connectivity index (χ3v) is 4.44. The zero-order valence-electron chi connectivity index (χ0n) is 14.6. The molecule has 3 amide bonds. The van der Waals surface area contributed by atoms with Crippen LogP contribution in [-0.4, -0.2) is 36.5 Å². The van der Waals surface area contributed by atoms with Gasteiger partial charge in [0, 0.05) is 31.4 Å². The predicted octanol–water partition coefficient (Wildman–Crippen LogP) is 3.35. The molecule has 1 aliphatic rings. The number of piperidine rings is 1. The van der Waals surface area contributed by atoms with Crippen molar-refractivity contribution in [3.8, 4) is 0 Å². The summed E-state index contributed by atoms with van der Waals surface area (Å²) in [6.07, 6.45) is 6.57. The molecule has 0 radical (unpaired) electrons. The number of urea groups is 1. The highest BCUT2D eigenvalue weighted by atomic mass is 16.3.